The number of hydrogen-bond acceptors (Lipinski definition) is 4. The van der Waals surface area contributed by atoms with Crippen LogP contribution in [0.2, 0.25) is 0 Å². The minimum Gasteiger partial charge on any atom is -0.456 e. The van der Waals surface area contributed by atoms with E-state index in [9.17, 15) is 4.79 Å². The van der Waals surface area contributed by atoms with Gasteiger partial charge in [-0.1, -0.05) is 6.07 Å². The number of rotatable bonds is 4. The van der Waals surface area contributed by atoms with Crippen LogP contribution < -0.4 is 15.4 Å². The monoisotopic (exact) mass is 297 g/mol. The molecular weight excluding hydrogens is 278 g/mol. The summed E-state index contributed by atoms with van der Waals surface area (Å²) >= 11 is 0. The SMILES string of the molecule is Cc1ccc(Oc2cccc(N3CCC(C(N)=O)C3)c2)cn1. The molecule has 2 N–H and O–H groups in total. The van der Waals surface area contributed by atoms with Gasteiger partial charge in [0.05, 0.1) is 12.1 Å². The summed E-state index contributed by atoms with van der Waals surface area (Å²) in [5.74, 6) is 1.18. The highest BCUT2D eigenvalue weighted by Gasteiger charge is 2.26. The zero-order valence-corrected chi connectivity index (χ0v) is 12.5. The van der Waals surface area contributed by atoms with E-state index in [0.29, 0.717) is 12.3 Å². The number of pyridine rings is 1. The predicted octanol–water partition coefficient (Wildman–Crippen LogP) is 2.49. The molecular formula is C17H19N3O2. The summed E-state index contributed by atoms with van der Waals surface area (Å²) in [4.78, 5) is 17.7. The smallest absolute Gasteiger partial charge is 0.222 e. The highest BCUT2D eigenvalue weighted by Crippen LogP contribution is 2.29. The molecule has 114 valence electrons. The number of ether oxygens (including phenoxy) is 1. The molecule has 3 rings (SSSR count). The molecule has 1 saturated heterocycles. The van der Waals surface area contributed by atoms with E-state index in [1.807, 2.05) is 43.3 Å². The largest absolute Gasteiger partial charge is 0.456 e. The van der Waals surface area contributed by atoms with Crippen molar-refractivity contribution in [3.8, 4) is 11.5 Å². The van der Waals surface area contributed by atoms with Crippen molar-refractivity contribution in [2.24, 2.45) is 11.7 Å². The number of hydrogen-bond donors (Lipinski definition) is 1. The van der Waals surface area contributed by atoms with Gasteiger partial charge in [-0.3, -0.25) is 9.78 Å². The Kier molecular flexibility index (Phi) is 3.96. The molecule has 1 aliphatic heterocycles. The Bertz CT molecular complexity index is 670. The van der Waals surface area contributed by atoms with Gasteiger partial charge in [0, 0.05) is 30.5 Å². The van der Waals surface area contributed by atoms with Gasteiger partial charge in [-0.2, -0.15) is 0 Å². The normalized spacial score (nSPS) is 17.5. The van der Waals surface area contributed by atoms with Crippen LogP contribution in [0.1, 0.15) is 12.1 Å². The molecule has 1 aliphatic rings. The lowest BCUT2D eigenvalue weighted by Crippen LogP contribution is -2.27. The maximum atomic E-state index is 11.3. The number of aryl methyl sites for hydroxylation is 1. The summed E-state index contributed by atoms with van der Waals surface area (Å²) in [5, 5.41) is 0. The van der Waals surface area contributed by atoms with E-state index in [1.165, 1.54) is 0 Å². The summed E-state index contributed by atoms with van der Waals surface area (Å²) in [5.41, 5.74) is 7.38. The fraction of sp³-hybridized carbons (Fsp3) is 0.294. The third-order valence-corrected chi connectivity index (χ3v) is 3.89. The number of carbonyl (C=O) groups excluding carboxylic acids is 1. The fourth-order valence-corrected chi connectivity index (χ4v) is 2.62. The highest BCUT2D eigenvalue weighted by atomic mass is 16.5. The van der Waals surface area contributed by atoms with Crippen molar-refractivity contribution in [1.29, 1.82) is 0 Å². The molecule has 5 heteroatoms. The second-order valence-electron chi connectivity index (χ2n) is 5.57. The van der Waals surface area contributed by atoms with Crippen LogP contribution in [0.15, 0.2) is 42.6 Å². The molecule has 0 radical (unpaired) electrons. The van der Waals surface area contributed by atoms with Crippen LogP contribution >= 0.6 is 0 Å². The first-order chi connectivity index (χ1) is 10.6. The molecule has 1 aromatic heterocycles. The van der Waals surface area contributed by atoms with Crippen LogP contribution in [-0.2, 0) is 4.79 Å². The van der Waals surface area contributed by atoms with Crippen molar-refractivity contribution in [3.05, 3.63) is 48.3 Å². The molecule has 1 aromatic carbocycles. The molecule has 1 unspecified atom stereocenters. The molecule has 2 aromatic rings. The first-order valence-electron chi connectivity index (χ1n) is 7.36. The van der Waals surface area contributed by atoms with Gasteiger partial charge < -0.3 is 15.4 Å². The van der Waals surface area contributed by atoms with E-state index in [-0.39, 0.29) is 11.8 Å². The predicted molar refractivity (Wildman–Crippen MR) is 85.0 cm³/mol. The van der Waals surface area contributed by atoms with Crippen LogP contribution in [0.4, 0.5) is 5.69 Å². The van der Waals surface area contributed by atoms with Gasteiger partial charge in [0.15, 0.2) is 0 Å². The lowest BCUT2D eigenvalue weighted by molar-refractivity contribution is -0.121. The van der Waals surface area contributed by atoms with E-state index >= 15 is 0 Å². The number of benzene rings is 1. The average Bonchev–Trinajstić information content (AvgIpc) is 3.00. The van der Waals surface area contributed by atoms with Crippen molar-refractivity contribution in [2.75, 3.05) is 18.0 Å². The minimum atomic E-state index is -0.222. The third-order valence-electron chi connectivity index (χ3n) is 3.89. The second kappa shape index (κ2) is 6.05. The Labute approximate surface area is 129 Å². The molecule has 1 atom stereocenters. The number of carbonyl (C=O) groups is 1. The van der Waals surface area contributed by atoms with Crippen LogP contribution in [0, 0.1) is 12.8 Å². The first kappa shape index (κ1) is 14.4. The summed E-state index contributed by atoms with van der Waals surface area (Å²) in [7, 11) is 0. The molecule has 2 heterocycles. The van der Waals surface area contributed by atoms with Crippen LogP contribution in [0.5, 0.6) is 11.5 Å². The van der Waals surface area contributed by atoms with Gasteiger partial charge in [-0.15, -0.1) is 0 Å². The molecule has 22 heavy (non-hydrogen) atoms. The van der Waals surface area contributed by atoms with Crippen molar-refractivity contribution in [1.82, 2.24) is 4.98 Å². The second-order valence-corrected chi connectivity index (χ2v) is 5.57. The minimum absolute atomic E-state index is 0.0640. The quantitative estimate of drug-likeness (QED) is 0.941. The lowest BCUT2D eigenvalue weighted by Gasteiger charge is -2.19. The summed E-state index contributed by atoms with van der Waals surface area (Å²) in [6.45, 7) is 3.45. The van der Waals surface area contributed by atoms with Gasteiger partial charge in [0.25, 0.3) is 0 Å². The Balaban J connectivity index is 1.73. The molecule has 0 spiro atoms. The van der Waals surface area contributed by atoms with Crippen LogP contribution in [0.3, 0.4) is 0 Å². The Morgan fingerprint density at radius 1 is 1.32 bits per heavy atom. The first-order valence-corrected chi connectivity index (χ1v) is 7.36. The van der Waals surface area contributed by atoms with E-state index in [4.69, 9.17) is 10.5 Å². The van der Waals surface area contributed by atoms with Crippen molar-refractivity contribution in [2.45, 2.75) is 13.3 Å². The number of nitrogens with zero attached hydrogens (tertiary/aromatic N) is 2. The Morgan fingerprint density at radius 2 is 2.18 bits per heavy atom. The molecule has 5 nitrogen and oxygen atoms in total. The Hall–Kier alpha value is -2.56. The van der Waals surface area contributed by atoms with E-state index in [1.54, 1.807) is 6.20 Å². The van der Waals surface area contributed by atoms with Crippen molar-refractivity contribution in [3.63, 3.8) is 0 Å². The van der Waals surface area contributed by atoms with Gasteiger partial charge in [0.2, 0.25) is 5.91 Å². The van der Waals surface area contributed by atoms with Crippen LogP contribution in [0.25, 0.3) is 0 Å². The van der Waals surface area contributed by atoms with Crippen LogP contribution in [-0.4, -0.2) is 24.0 Å². The van der Waals surface area contributed by atoms with Gasteiger partial charge in [-0.05, 0) is 37.6 Å². The summed E-state index contributed by atoms with van der Waals surface area (Å²) in [6, 6.07) is 11.7. The lowest BCUT2D eigenvalue weighted by atomic mass is 10.1. The summed E-state index contributed by atoms with van der Waals surface area (Å²) in [6.07, 6.45) is 2.52. The molecule has 1 amide bonds. The van der Waals surface area contributed by atoms with Gasteiger partial charge in [0.1, 0.15) is 11.5 Å². The standard InChI is InChI=1S/C17H19N3O2/c1-12-5-6-16(10-19-12)22-15-4-2-3-14(9-15)20-8-7-13(11-20)17(18)21/h2-6,9-10,13H,7-8,11H2,1H3,(H2,18,21). The Morgan fingerprint density at radius 3 is 2.86 bits per heavy atom. The van der Waals surface area contributed by atoms with Gasteiger partial charge >= 0.3 is 0 Å². The van der Waals surface area contributed by atoms with E-state index < -0.39 is 0 Å². The van der Waals surface area contributed by atoms with E-state index in [0.717, 1.165) is 30.1 Å². The number of amides is 1. The number of nitrogens with two attached hydrogens (primary N) is 1. The molecule has 0 aliphatic carbocycles. The topological polar surface area (TPSA) is 68.5 Å². The maximum absolute atomic E-state index is 11.3. The fourth-order valence-electron chi connectivity index (χ4n) is 2.62. The van der Waals surface area contributed by atoms with E-state index in [2.05, 4.69) is 9.88 Å². The van der Waals surface area contributed by atoms with Crippen molar-refractivity contribution >= 4 is 11.6 Å². The number of aromatic nitrogens is 1. The van der Waals surface area contributed by atoms with Crippen molar-refractivity contribution < 1.29 is 9.53 Å². The zero-order chi connectivity index (χ0) is 15.5. The molecule has 1 fully saturated rings. The average molecular weight is 297 g/mol. The third kappa shape index (κ3) is 3.19. The highest BCUT2D eigenvalue weighted by molar-refractivity contribution is 5.78. The number of anilines is 1. The summed E-state index contributed by atoms with van der Waals surface area (Å²) < 4.78 is 5.83. The van der Waals surface area contributed by atoms with Gasteiger partial charge in [-0.25, -0.2) is 0 Å². The molecule has 0 bridgehead atoms. The zero-order valence-electron chi connectivity index (χ0n) is 12.5. The molecule has 0 saturated carbocycles. The number of primary amides is 1. The maximum Gasteiger partial charge on any atom is 0.222 e.